The lowest BCUT2D eigenvalue weighted by molar-refractivity contribution is -0.122. The highest BCUT2D eigenvalue weighted by Crippen LogP contribution is 2.53. The molecule has 220 valence electrons. The Bertz CT molecular complexity index is 1780. The van der Waals surface area contributed by atoms with Crippen LogP contribution in [0.4, 0.5) is 11.4 Å². The van der Waals surface area contributed by atoms with Crippen molar-refractivity contribution >= 4 is 52.2 Å². The second-order valence-electron chi connectivity index (χ2n) is 10.4. The Balaban J connectivity index is 1.32. The number of hydrogen-bond acceptors (Lipinski definition) is 8. The van der Waals surface area contributed by atoms with Crippen LogP contribution in [0.25, 0.3) is 0 Å². The van der Waals surface area contributed by atoms with E-state index in [0.717, 1.165) is 22.5 Å². The van der Waals surface area contributed by atoms with E-state index >= 15 is 0 Å². The fourth-order valence-electron chi connectivity index (χ4n) is 5.47. The van der Waals surface area contributed by atoms with Crippen LogP contribution in [0.5, 0.6) is 11.5 Å². The van der Waals surface area contributed by atoms with Gasteiger partial charge >= 0.3 is 4.87 Å². The predicted molar refractivity (Wildman–Crippen MR) is 167 cm³/mol. The van der Waals surface area contributed by atoms with E-state index in [0.29, 0.717) is 44.9 Å². The number of amides is 3. The number of para-hydroxylation sites is 1. The molecule has 0 saturated carbocycles. The van der Waals surface area contributed by atoms with Gasteiger partial charge in [-0.05, 0) is 62.2 Å². The number of rotatable bonds is 8. The Kier molecular flexibility index (Phi) is 7.85. The molecule has 11 heteroatoms. The number of ether oxygens (including phenoxy) is 2. The van der Waals surface area contributed by atoms with E-state index in [1.165, 1.54) is 16.7 Å². The average molecular weight is 616 g/mol. The number of thiazole rings is 1. The molecule has 3 amide bonds. The van der Waals surface area contributed by atoms with Crippen molar-refractivity contribution in [3.05, 3.63) is 98.0 Å². The van der Waals surface area contributed by atoms with Crippen LogP contribution in [0.1, 0.15) is 34.4 Å². The van der Waals surface area contributed by atoms with Crippen molar-refractivity contribution in [1.29, 1.82) is 0 Å². The number of aromatic nitrogens is 1. The van der Waals surface area contributed by atoms with Crippen molar-refractivity contribution in [3.8, 4) is 11.5 Å². The number of benzene rings is 3. The molecule has 9 nitrogen and oxygen atoms in total. The van der Waals surface area contributed by atoms with Gasteiger partial charge in [0, 0.05) is 16.5 Å². The summed E-state index contributed by atoms with van der Waals surface area (Å²) in [6.45, 7) is 5.79. The first-order chi connectivity index (χ1) is 20.7. The van der Waals surface area contributed by atoms with Crippen molar-refractivity contribution in [1.82, 2.24) is 4.98 Å². The van der Waals surface area contributed by atoms with Gasteiger partial charge in [0.1, 0.15) is 5.25 Å². The third-order valence-corrected chi connectivity index (χ3v) is 9.92. The zero-order chi connectivity index (χ0) is 30.2. The molecule has 2 unspecified atom stereocenters. The van der Waals surface area contributed by atoms with Gasteiger partial charge in [-0.15, -0.1) is 0 Å². The van der Waals surface area contributed by atoms with Gasteiger partial charge < -0.3 is 19.8 Å². The van der Waals surface area contributed by atoms with Crippen LogP contribution >= 0.6 is 23.1 Å². The number of carbonyl (C=O) groups is 3. The minimum absolute atomic E-state index is 0.236. The minimum atomic E-state index is -0.723. The van der Waals surface area contributed by atoms with Crippen LogP contribution in [-0.2, 0) is 14.4 Å². The van der Waals surface area contributed by atoms with Crippen LogP contribution < -0.4 is 24.6 Å². The molecule has 0 spiro atoms. The van der Waals surface area contributed by atoms with Crippen molar-refractivity contribution < 1.29 is 23.9 Å². The van der Waals surface area contributed by atoms with Crippen LogP contribution in [0.2, 0.25) is 0 Å². The van der Waals surface area contributed by atoms with Gasteiger partial charge in [0.05, 0.1) is 23.2 Å². The lowest BCUT2D eigenvalue weighted by Crippen LogP contribution is -2.32. The van der Waals surface area contributed by atoms with E-state index in [1.807, 2.05) is 57.2 Å². The quantitative estimate of drug-likeness (QED) is 0.260. The SMILES string of the molecule is CCOc1cc([C@H]2c3sc(=O)[nH]c3SC3C(=O)N(c4ccc(C)cc4)C(=O)C32)ccc1OCC(=O)Nc1ccccc1C. The zero-order valence-corrected chi connectivity index (χ0v) is 25.3. The van der Waals surface area contributed by atoms with E-state index in [1.54, 1.807) is 30.3 Å². The number of aryl methyl sites for hydroxylation is 2. The maximum absolute atomic E-state index is 14.0. The summed E-state index contributed by atoms with van der Waals surface area (Å²) in [5, 5.41) is 2.75. The molecule has 1 fully saturated rings. The summed E-state index contributed by atoms with van der Waals surface area (Å²) in [6, 6.07) is 20.0. The van der Waals surface area contributed by atoms with Gasteiger partial charge in [0.15, 0.2) is 18.1 Å². The summed E-state index contributed by atoms with van der Waals surface area (Å²) >= 11 is 2.28. The van der Waals surface area contributed by atoms with Gasteiger partial charge in [-0.2, -0.15) is 0 Å². The van der Waals surface area contributed by atoms with Gasteiger partial charge in [0.2, 0.25) is 11.8 Å². The van der Waals surface area contributed by atoms with E-state index in [4.69, 9.17) is 9.47 Å². The maximum atomic E-state index is 14.0. The summed E-state index contributed by atoms with van der Waals surface area (Å²) in [7, 11) is 0. The molecule has 2 N–H and O–H groups in total. The van der Waals surface area contributed by atoms with Gasteiger partial charge in [-0.25, -0.2) is 4.90 Å². The highest BCUT2D eigenvalue weighted by atomic mass is 32.2. The number of H-pyrrole nitrogens is 1. The lowest BCUT2D eigenvalue weighted by atomic mass is 9.83. The summed E-state index contributed by atoms with van der Waals surface area (Å²) in [5.74, 6) is -1.46. The van der Waals surface area contributed by atoms with Crippen molar-refractivity contribution in [3.63, 3.8) is 0 Å². The van der Waals surface area contributed by atoms with E-state index in [2.05, 4.69) is 10.3 Å². The maximum Gasteiger partial charge on any atom is 0.305 e. The van der Waals surface area contributed by atoms with Crippen LogP contribution in [0.3, 0.4) is 0 Å². The fraction of sp³-hybridized carbons (Fsp3) is 0.250. The first-order valence-corrected chi connectivity index (χ1v) is 15.5. The smallest absolute Gasteiger partial charge is 0.305 e. The zero-order valence-electron chi connectivity index (χ0n) is 23.7. The van der Waals surface area contributed by atoms with Gasteiger partial charge in [-0.3, -0.25) is 19.2 Å². The second kappa shape index (κ2) is 11.7. The first kappa shape index (κ1) is 28.8. The molecular weight excluding hydrogens is 587 g/mol. The Labute approximate surface area is 256 Å². The molecular formula is C32H29N3O6S2. The molecule has 4 aromatic rings. The normalized spacial score (nSPS) is 19.1. The Morgan fingerprint density at radius 2 is 1.72 bits per heavy atom. The number of imide groups is 1. The number of aromatic amines is 1. The van der Waals surface area contributed by atoms with Crippen molar-refractivity contribution in [2.24, 2.45) is 5.92 Å². The number of anilines is 2. The standard InChI is InChI=1S/C32H29N3O6S2/c1-4-40-23-15-19(11-14-22(23)41-16-24(36)33-21-8-6-5-7-18(21)3)25-26-28(42-29-27(25)43-32(39)34-29)31(38)35(30(26)37)20-12-9-17(2)10-13-20/h5-15,25-26,28H,4,16H2,1-3H3,(H,33,36)(H,34,39)/t25-,26?,28?/m1/s1. The summed E-state index contributed by atoms with van der Waals surface area (Å²) in [6.07, 6.45) is 0. The molecule has 0 radical (unpaired) electrons. The molecule has 3 atom stereocenters. The van der Waals surface area contributed by atoms with Crippen LogP contribution in [-0.4, -0.2) is 41.2 Å². The molecule has 1 saturated heterocycles. The third kappa shape index (κ3) is 5.46. The Morgan fingerprint density at radius 3 is 2.47 bits per heavy atom. The number of nitrogens with one attached hydrogen (secondary N) is 2. The number of fused-ring (bicyclic) bond motifs is 2. The molecule has 0 aliphatic carbocycles. The molecule has 3 aromatic carbocycles. The molecule has 2 aliphatic heterocycles. The number of nitrogens with zero attached hydrogens (tertiary/aromatic N) is 1. The molecule has 2 aliphatic rings. The molecule has 0 bridgehead atoms. The highest BCUT2D eigenvalue weighted by molar-refractivity contribution is 8.00. The first-order valence-electron chi connectivity index (χ1n) is 13.8. The summed E-state index contributed by atoms with van der Waals surface area (Å²) < 4.78 is 11.8. The lowest BCUT2D eigenvalue weighted by Gasteiger charge is -2.30. The summed E-state index contributed by atoms with van der Waals surface area (Å²) in [4.78, 5) is 57.3. The number of carbonyl (C=O) groups excluding carboxylic acids is 3. The van der Waals surface area contributed by atoms with E-state index < -0.39 is 17.1 Å². The number of hydrogen-bond donors (Lipinski definition) is 2. The fourth-order valence-corrected chi connectivity index (χ4v) is 7.99. The molecule has 6 rings (SSSR count). The Morgan fingerprint density at radius 1 is 0.953 bits per heavy atom. The molecule has 1 aromatic heterocycles. The summed E-state index contributed by atoms with van der Waals surface area (Å²) in [5.41, 5.74) is 3.89. The second-order valence-corrected chi connectivity index (χ2v) is 12.6. The predicted octanol–water partition coefficient (Wildman–Crippen LogP) is 5.27. The highest BCUT2D eigenvalue weighted by Gasteiger charge is 2.56. The average Bonchev–Trinajstić information content (AvgIpc) is 3.48. The van der Waals surface area contributed by atoms with Crippen LogP contribution in [0, 0.1) is 19.8 Å². The largest absolute Gasteiger partial charge is 0.490 e. The molecule has 3 heterocycles. The van der Waals surface area contributed by atoms with Gasteiger partial charge in [0.25, 0.3) is 5.91 Å². The topological polar surface area (TPSA) is 118 Å². The van der Waals surface area contributed by atoms with Crippen LogP contribution in [0.15, 0.2) is 76.6 Å². The van der Waals surface area contributed by atoms with E-state index in [-0.39, 0.29) is 29.2 Å². The minimum Gasteiger partial charge on any atom is -0.490 e. The Hall–Kier alpha value is -4.35. The van der Waals surface area contributed by atoms with E-state index in [9.17, 15) is 19.2 Å². The van der Waals surface area contributed by atoms with Crippen molar-refractivity contribution in [2.45, 2.75) is 37.0 Å². The third-order valence-electron chi connectivity index (χ3n) is 7.52. The van der Waals surface area contributed by atoms with Gasteiger partial charge in [-0.1, -0.05) is 65.1 Å². The molecule has 43 heavy (non-hydrogen) atoms. The monoisotopic (exact) mass is 615 g/mol. The number of thioether (sulfide) groups is 1. The van der Waals surface area contributed by atoms with Crippen molar-refractivity contribution in [2.75, 3.05) is 23.4 Å².